The molecule has 0 bridgehead atoms. The average molecular weight is 318 g/mol. The van der Waals surface area contributed by atoms with E-state index in [9.17, 15) is 19.5 Å². The van der Waals surface area contributed by atoms with Gasteiger partial charge in [0.15, 0.2) is 0 Å². The van der Waals surface area contributed by atoms with Crippen molar-refractivity contribution in [3.8, 4) is 0 Å². The van der Waals surface area contributed by atoms with Gasteiger partial charge in [-0.2, -0.15) is 0 Å². The van der Waals surface area contributed by atoms with Crippen LogP contribution in [0, 0.1) is 17.3 Å². The summed E-state index contributed by atoms with van der Waals surface area (Å²) in [5.41, 5.74) is 0.943. The van der Waals surface area contributed by atoms with E-state index < -0.39 is 23.2 Å². The summed E-state index contributed by atoms with van der Waals surface area (Å²) in [6.45, 7) is 3.99. The van der Waals surface area contributed by atoms with Crippen molar-refractivity contribution in [2.75, 3.05) is 14.1 Å². The summed E-state index contributed by atoms with van der Waals surface area (Å²) in [5, 5.41) is 11.7. The fraction of sp³-hybridized carbons (Fsp3) is 0.471. The number of carboxylic acids is 1. The first-order valence-electron chi connectivity index (χ1n) is 7.49. The number of hydrogen-bond donors (Lipinski definition) is 2. The standard InChI is InChI=1S/C17H22N2O4/c1-17(2)12(13(17)16(22)23)15(21)19(4)9-10-5-7-11(8-6-10)14(20)18-3/h5-8,12-13H,9H2,1-4H3,(H,18,20)(H,22,23)/t12-,13+/m0/s1. The molecular weight excluding hydrogens is 296 g/mol. The first kappa shape index (κ1) is 17.0. The number of benzene rings is 1. The third-order valence-electron chi connectivity index (χ3n) is 4.60. The molecule has 0 unspecified atom stereocenters. The third kappa shape index (κ3) is 3.21. The van der Waals surface area contributed by atoms with Gasteiger partial charge in [-0.05, 0) is 23.1 Å². The van der Waals surface area contributed by atoms with E-state index in [1.807, 2.05) is 0 Å². The van der Waals surface area contributed by atoms with Crippen LogP contribution in [-0.4, -0.2) is 41.9 Å². The van der Waals surface area contributed by atoms with Crippen molar-refractivity contribution in [3.63, 3.8) is 0 Å². The molecule has 0 aromatic heterocycles. The minimum absolute atomic E-state index is 0.155. The summed E-state index contributed by atoms with van der Waals surface area (Å²) in [4.78, 5) is 36.7. The maximum absolute atomic E-state index is 12.5. The quantitative estimate of drug-likeness (QED) is 0.858. The second kappa shape index (κ2) is 6.02. The van der Waals surface area contributed by atoms with E-state index in [1.165, 1.54) is 0 Å². The highest BCUT2D eigenvalue weighted by atomic mass is 16.4. The van der Waals surface area contributed by atoms with Crippen LogP contribution >= 0.6 is 0 Å². The van der Waals surface area contributed by atoms with Crippen LogP contribution in [-0.2, 0) is 16.1 Å². The molecule has 0 aliphatic heterocycles. The molecule has 1 saturated carbocycles. The van der Waals surface area contributed by atoms with Crippen molar-refractivity contribution < 1.29 is 19.5 Å². The molecule has 6 nitrogen and oxygen atoms in total. The van der Waals surface area contributed by atoms with Gasteiger partial charge in [-0.15, -0.1) is 0 Å². The summed E-state index contributed by atoms with van der Waals surface area (Å²) in [6, 6.07) is 6.99. The van der Waals surface area contributed by atoms with Crippen LogP contribution in [0.3, 0.4) is 0 Å². The second-order valence-corrected chi connectivity index (χ2v) is 6.59. The van der Waals surface area contributed by atoms with Gasteiger partial charge in [0.05, 0.1) is 11.8 Å². The highest BCUT2D eigenvalue weighted by Crippen LogP contribution is 2.58. The Morgan fingerprint density at radius 1 is 1.17 bits per heavy atom. The monoisotopic (exact) mass is 318 g/mol. The van der Waals surface area contributed by atoms with E-state index in [4.69, 9.17) is 0 Å². The van der Waals surface area contributed by atoms with Gasteiger partial charge in [0.25, 0.3) is 5.91 Å². The minimum atomic E-state index is -0.920. The maximum atomic E-state index is 12.5. The lowest BCUT2D eigenvalue weighted by Crippen LogP contribution is -2.29. The van der Waals surface area contributed by atoms with Gasteiger partial charge in [-0.1, -0.05) is 26.0 Å². The Balaban J connectivity index is 2.02. The first-order valence-corrected chi connectivity index (χ1v) is 7.49. The highest BCUT2D eigenvalue weighted by molar-refractivity contribution is 5.94. The number of nitrogens with zero attached hydrogens (tertiary/aromatic N) is 1. The molecule has 2 rings (SSSR count). The molecule has 2 atom stereocenters. The zero-order valence-electron chi connectivity index (χ0n) is 13.8. The molecule has 1 aliphatic rings. The van der Waals surface area contributed by atoms with Gasteiger partial charge >= 0.3 is 5.97 Å². The molecule has 6 heteroatoms. The zero-order chi connectivity index (χ0) is 17.4. The van der Waals surface area contributed by atoms with E-state index in [2.05, 4.69) is 5.32 Å². The van der Waals surface area contributed by atoms with Gasteiger partial charge in [0.2, 0.25) is 5.91 Å². The van der Waals surface area contributed by atoms with Gasteiger partial charge in [0.1, 0.15) is 0 Å². The number of carboxylic acid groups (broad SMARTS) is 1. The van der Waals surface area contributed by atoms with E-state index in [0.29, 0.717) is 12.1 Å². The Kier molecular flexibility index (Phi) is 4.45. The molecule has 23 heavy (non-hydrogen) atoms. The van der Waals surface area contributed by atoms with Crippen LogP contribution in [0.5, 0.6) is 0 Å². The molecular formula is C17H22N2O4. The van der Waals surface area contributed by atoms with Crippen LogP contribution < -0.4 is 5.32 Å². The number of carbonyl (C=O) groups excluding carboxylic acids is 2. The lowest BCUT2D eigenvalue weighted by Gasteiger charge is -2.18. The molecule has 2 amide bonds. The number of hydrogen-bond acceptors (Lipinski definition) is 3. The molecule has 1 aliphatic carbocycles. The maximum Gasteiger partial charge on any atom is 0.307 e. The highest BCUT2D eigenvalue weighted by Gasteiger charge is 2.66. The summed E-state index contributed by atoms with van der Waals surface area (Å²) >= 11 is 0. The van der Waals surface area contributed by atoms with Crippen molar-refractivity contribution in [1.82, 2.24) is 10.2 Å². The summed E-state index contributed by atoms with van der Waals surface area (Å²) in [5.74, 6) is -2.33. The smallest absolute Gasteiger partial charge is 0.307 e. The molecule has 0 spiro atoms. The van der Waals surface area contributed by atoms with Crippen LogP contribution in [0.15, 0.2) is 24.3 Å². The Morgan fingerprint density at radius 3 is 2.17 bits per heavy atom. The molecule has 124 valence electrons. The van der Waals surface area contributed by atoms with Crippen LogP contribution in [0.25, 0.3) is 0 Å². The van der Waals surface area contributed by atoms with Gasteiger partial charge < -0.3 is 15.3 Å². The Labute approximate surface area is 135 Å². The Hall–Kier alpha value is -2.37. The van der Waals surface area contributed by atoms with Crippen LogP contribution in [0.4, 0.5) is 0 Å². The van der Waals surface area contributed by atoms with Crippen LogP contribution in [0.1, 0.15) is 29.8 Å². The van der Waals surface area contributed by atoms with Crippen molar-refractivity contribution in [1.29, 1.82) is 0 Å². The summed E-state index contributed by atoms with van der Waals surface area (Å²) in [7, 11) is 3.24. The lowest BCUT2D eigenvalue weighted by atomic mass is 10.1. The van der Waals surface area contributed by atoms with Gasteiger partial charge in [-0.3, -0.25) is 14.4 Å². The largest absolute Gasteiger partial charge is 0.481 e. The number of nitrogens with one attached hydrogen (secondary N) is 1. The summed E-state index contributed by atoms with van der Waals surface area (Å²) < 4.78 is 0. The van der Waals surface area contributed by atoms with Crippen molar-refractivity contribution in [2.24, 2.45) is 17.3 Å². The van der Waals surface area contributed by atoms with Crippen molar-refractivity contribution in [2.45, 2.75) is 20.4 Å². The van der Waals surface area contributed by atoms with Crippen molar-refractivity contribution in [3.05, 3.63) is 35.4 Å². The van der Waals surface area contributed by atoms with Crippen LogP contribution in [0.2, 0.25) is 0 Å². The first-order chi connectivity index (χ1) is 10.7. The molecule has 0 heterocycles. The fourth-order valence-corrected chi connectivity index (χ4v) is 3.05. The normalized spacial score (nSPS) is 21.4. The molecule has 2 N–H and O–H groups in total. The molecule has 1 fully saturated rings. The van der Waals surface area contributed by atoms with E-state index in [0.717, 1.165) is 5.56 Å². The fourth-order valence-electron chi connectivity index (χ4n) is 3.05. The Bertz CT molecular complexity index is 636. The topological polar surface area (TPSA) is 86.7 Å². The van der Waals surface area contributed by atoms with Crippen molar-refractivity contribution >= 4 is 17.8 Å². The van der Waals surface area contributed by atoms with Gasteiger partial charge in [-0.25, -0.2) is 0 Å². The van der Waals surface area contributed by atoms with E-state index in [1.54, 1.807) is 57.1 Å². The minimum Gasteiger partial charge on any atom is -0.481 e. The summed E-state index contributed by atoms with van der Waals surface area (Å²) in [6.07, 6.45) is 0. The second-order valence-electron chi connectivity index (χ2n) is 6.59. The van der Waals surface area contributed by atoms with Gasteiger partial charge in [0, 0.05) is 26.2 Å². The average Bonchev–Trinajstić information content (AvgIpc) is 3.09. The molecule has 0 saturated heterocycles. The zero-order valence-corrected chi connectivity index (χ0v) is 13.8. The number of amides is 2. The third-order valence-corrected chi connectivity index (χ3v) is 4.60. The number of rotatable bonds is 5. The predicted octanol–water partition coefficient (Wildman–Crippen LogP) is 1.36. The number of carbonyl (C=O) groups is 3. The Morgan fingerprint density at radius 2 is 1.74 bits per heavy atom. The lowest BCUT2D eigenvalue weighted by molar-refractivity contribution is -0.141. The van der Waals surface area contributed by atoms with E-state index in [-0.39, 0.29) is 11.8 Å². The predicted molar refractivity (Wildman–Crippen MR) is 84.7 cm³/mol. The molecule has 0 radical (unpaired) electrons. The molecule has 1 aromatic carbocycles. The SMILES string of the molecule is CNC(=O)c1ccc(CN(C)C(=O)[C@@H]2[C@H](C(=O)O)C2(C)C)cc1. The number of aliphatic carboxylic acids is 1. The van der Waals surface area contributed by atoms with E-state index >= 15 is 0 Å². The molecule has 1 aromatic rings.